The number of hydrogen-bond acceptors (Lipinski definition) is 8. The van der Waals surface area contributed by atoms with E-state index in [0.29, 0.717) is 24.4 Å². The summed E-state index contributed by atoms with van der Waals surface area (Å²) in [4.78, 5) is 8.88. The van der Waals surface area contributed by atoms with Crippen molar-refractivity contribution in [3.63, 3.8) is 0 Å². The van der Waals surface area contributed by atoms with Gasteiger partial charge in [-0.3, -0.25) is 15.3 Å². The molecule has 0 bridgehead atoms. The molecule has 1 aliphatic rings. The zero-order valence-electron chi connectivity index (χ0n) is 17.7. The first-order chi connectivity index (χ1) is 14.4. The van der Waals surface area contributed by atoms with Crippen molar-refractivity contribution < 1.29 is 13.7 Å². The highest BCUT2D eigenvalue weighted by Gasteiger charge is 2.25. The molecule has 30 heavy (non-hydrogen) atoms. The molecule has 0 radical (unpaired) electrons. The average Bonchev–Trinajstić information content (AvgIpc) is 3.24. The molecule has 0 unspecified atom stereocenters. The lowest BCUT2D eigenvalue weighted by Crippen LogP contribution is -2.44. The van der Waals surface area contributed by atoms with Crippen molar-refractivity contribution in [2.45, 2.75) is 38.6 Å². The van der Waals surface area contributed by atoms with Crippen molar-refractivity contribution in [1.29, 1.82) is 5.41 Å². The number of nitrogens with one attached hydrogen (secondary N) is 1. The smallest absolute Gasteiger partial charge is 0.324 e. The lowest BCUT2D eigenvalue weighted by molar-refractivity contribution is 0.169. The Bertz CT molecular complexity index is 836. The normalized spacial score (nSPS) is 15.1. The van der Waals surface area contributed by atoms with Crippen molar-refractivity contribution in [2.24, 2.45) is 5.84 Å². The highest BCUT2D eigenvalue weighted by atomic mass is 19.1. The fraction of sp³-hybridized carbons (Fsp3) is 0.550. The maximum atomic E-state index is 14.0. The third kappa shape index (κ3) is 5.25. The van der Waals surface area contributed by atoms with E-state index in [1.807, 2.05) is 13.8 Å². The van der Waals surface area contributed by atoms with Crippen LogP contribution in [-0.2, 0) is 0 Å². The van der Waals surface area contributed by atoms with Crippen LogP contribution in [0.3, 0.4) is 0 Å². The number of halogens is 1. The number of aromatic nitrogens is 2. The molecule has 164 valence electrons. The number of likely N-dealkylation sites (N-methyl/N-ethyl adjacent to an activating group) is 1. The summed E-state index contributed by atoms with van der Waals surface area (Å²) < 4.78 is 25.1. The van der Waals surface area contributed by atoms with Gasteiger partial charge in [-0.2, -0.15) is 4.98 Å². The Balaban J connectivity index is 1.43. The van der Waals surface area contributed by atoms with Crippen molar-refractivity contribution in [3.8, 4) is 5.75 Å². The molecule has 0 amide bonds. The molecular formula is C20H30FN7O2. The summed E-state index contributed by atoms with van der Waals surface area (Å²) in [6, 6.07) is 5.47. The predicted molar refractivity (Wildman–Crippen MR) is 114 cm³/mol. The summed E-state index contributed by atoms with van der Waals surface area (Å²) >= 11 is 0. The molecule has 0 spiro atoms. The van der Waals surface area contributed by atoms with Crippen LogP contribution in [-0.4, -0.2) is 60.7 Å². The van der Waals surface area contributed by atoms with Gasteiger partial charge in [0.25, 0.3) is 0 Å². The molecule has 2 heterocycles. The van der Waals surface area contributed by atoms with E-state index in [0.717, 1.165) is 49.6 Å². The standard InChI is InChI=1S/C20H30FN7O2/c1-14(2)19-24-20(30-25-19)27-8-6-15(7-9-27)26(3)10-11-29-16-4-5-18(17(21)12-16)28(23)13-22/h4-5,12-15,22H,6-11,23H2,1-3H3. The van der Waals surface area contributed by atoms with Gasteiger partial charge in [0.15, 0.2) is 11.6 Å². The lowest BCUT2D eigenvalue weighted by atomic mass is 10.0. The summed E-state index contributed by atoms with van der Waals surface area (Å²) in [5.74, 6) is 6.42. The minimum Gasteiger partial charge on any atom is -0.492 e. The Hall–Kier alpha value is -2.72. The fourth-order valence-electron chi connectivity index (χ4n) is 3.43. The first-order valence-corrected chi connectivity index (χ1v) is 10.1. The van der Waals surface area contributed by atoms with Crippen molar-refractivity contribution >= 4 is 18.0 Å². The van der Waals surface area contributed by atoms with Crippen LogP contribution in [0.2, 0.25) is 0 Å². The van der Waals surface area contributed by atoms with Gasteiger partial charge < -0.3 is 14.2 Å². The third-order valence-electron chi connectivity index (χ3n) is 5.35. The van der Waals surface area contributed by atoms with Gasteiger partial charge in [-0.1, -0.05) is 19.0 Å². The van der Waals surface area contributed by atoms with Crippen LogP contribution in [0.1, 0.15) is 38.4 Å². The molecule has 0 aliphatic carbocycles. The summed E-state index contributed by atoms with van der Waals surface area (Å²) in [6.07, 6.45) is 2.84. The third-order valence-corrected chi connectivity index (χ3v) is 5.35. The minimum absolute atomic E-state index is 0.128. The zero-order chi connectivity index (χ0) is 21.7. The number of nitrogens with zero attached hydrogens (tertiary/aromatic N) is 5. The molecule has 3 rings (SSSR count). The van der Waals surface area contributed by atoms with Crippen LogP contribution >= 0.6 is 0 Å². The van der Waals surface area contributed by atoms with E-state index in [1.54, 1.807) is 6.07 Å². The Kier molecular flexibility index (Phi) is 7.22. The quantitative estimate of drug-likeness (QED) is 0.276. The van der Waals surface area contributed by atoms with Crippen LogP contribution < -0.4 is 20.5 Å². The molecule has 0 atom stereocenters. The van der Waals surface area contributed by atoms with Crippen LogP contribution in [0.5, 0.6) is 5.75 Å². The summed E-state index contributed by atoms with van der Waals surface area (Å²) in [7, 11) is 2.08. The van der Waals surface area contributed by atoms with Gasteiger partial charge >= 0.3 is 6.01 Å². The van der Waals surface area contributed by atoms with Gasteiger partial charge in [0.1, 0.15) is 18.7 Å². The lowest BCUT2D eigenvalue weighted by Gasteiger charge is -2.35. The molecule has 1 aromatic carbocycles. The second-order valence-electron chi connectivity index (χ2n) is 7.79. The molecular weight excluding hydrogens is 389 g/mol. The molecule has 2 aromatic rings. The summed E-state index contributed by atoms with van der Waals surface area (Å²) in [6.45, 7) is 7.01. The fourth-order valence-corrected chi connectivity index (χ4v) is 3.43. The van der Waals surface area contributed by atoms with E-state index >= 15 is 0 Å². The van der Waals surface area contributed by atoms with E-state index in [1.165, 1.54) is 12.1 Å². The second kappa shape index (κ2) is 9.86. The van der Waals surface area contributed by atoms with E-state index < -0.39 is 5.82 Å². The Morgan fingerprint density at radius 3 is 2.73 bits per heavy atom. The van der Waals surface area contributed by atoms with Gasteiger partial charge in [0.2, 0.25) is 0 Å². The van der Waals surface area contributed by atoms with Gasteiger partial charge in [0, 0.05) is 37.7 Å². The first-order valence-electron chi connectivity index (χ1n) is 10.1. The number of hydrazine groups is 1. The molecule has 9 nitrogen and oxygen atoms in total. The minimum atomic E-state index is -0.527. The number of nitrogens with two attached hydrogens (primary N) is 1. The van der Waals surface area contributed by atoms with Gasteiger partial charge in [-0.05, 0) is 32.0 Å². The number of benzene rings is 1. The maximum absolute atomic E-state index is 14.0. The second-order valence-corrected chi connectivity index (χ2v) is 7.79. The largest absolute Gasteiger partial charge is 0.492 e. The zero-order valence-corrected chi connectivity index (χ0v) is 17.7. The number of piperidine rings is 1. The maximum Gasteiger partial charge on any atom is 0.324 e. The monoisotopic (exact) mass is 419 g/mol. The van der Waals surface area contributed by atoms with Crippen LogP contribution in [0.15, 0.2) is 22.7 Å². The summed E-state index contributed by atoms with van der Waals surface area (Å²) in [5.41, 5.74) is 0.128. The SMILES string of the molecule is CC(C)c1noc(N2CCC(N(C)CCOc3ccc(N(N)C=N)c(F)c3)CC2)n1. The van der Waals surface area contributed by atoms with Crippen LogP contribution in [0.25, 0.3) is 0 Å². The van der Waals surface area contributed by atoms with Crippen molar-refractivity contribution in [1.82, 2.24) is 15.0 Å². The van der Waals surface area contributed by atoms with E-state index in [4.69, 9.17) is 20.5 Å². The van der Waals surface area contributed by atoms with Crippen LogP contribution in [0.4, 0.5) is 16.1 Å². The number of rotatable bonds is 9. The first kappa shape index (κ1) is 22.0. The van der Waals surface area contributed by atoms with E-state index in [-0.39, 0.29) is 11.6 Å². The molecule has 1 aliphatic heterocycles. The number of anilines is 2. The average molecular weight is 420 g/mol. The number of hydrogen-bond donors (Lipinski definition) is 2. The Labute approximate surface area is 176 Å². The van der Waals surface area contributed by atoms with Crippen molar-refractivity contribution in [3.05, 3.63) is 29.8 Å². The Morgan fingerprint density at radius 2 is 2.13 bits per heavy atom. The molecule has 3 N–H and O–H groups in total. The topological polar surface area (TPSA) is 108 Å². The molecule has 1 saturated heterocycles. The molecule has 0 saturated carbocycles. The predicted octanol–water partition coefficient (Wildman–Crippen LogP) is 2.60. The van der Waals surface area contributed by atoms with Gasteiger partial charge in [-0.25, -0.2) is 10.2 Å². The number of ether oxygens (including phenoxy) is 1. The molecule has 1 fully saturated rings. The van der Waals surface area contributed by atoms with Crippen molar-refractivity contribution in [2.75, 3.05) is 43.2 Å². The highest BCUT2D eigenvalue weighted by Crippen LogP contribution is 2.24. The van der Waals surface area contributed by atoms with Crippen LogP contribution in [0, 0.1) is 11.2 Å². The molecule has 10 heteroatoms. The highest BCUT2D eigenvalue weighted by molar-refractivity contribution is 5.75. The van der Waals surface area contributed by atoms with Gasteiger partial charge in [0.05, 0.1) is 5.69 Å². The van der Waals surface area contributed by atoms with E-state index in [9.17, 15) is 4.39 Å². The summed E-state index contributed by atoms with van der Waals surface area (Å²) in [5, 5.41) is 12.0. The van der Waals surface area contributed by atoms with E-state index in [2.05, 4.69) is 27.0 Å². The Morgan fingerprint density at radius 1 is 1.40 bits per heavy atom. The molecule has 1 aromatic heterocycles. The van der Waals surface area contributed by atoms with Gasteiger partial charge in [-0.15, -0.1) is 0 Å².